The van der Waals surface area contributed by atoms with Crippen LogP contribution >= 0.6 is 0 Å². The fourth-order valence-corrected chi connectivity index (χ4v) is 3.93. The summed E-state index contributed by atoms with van der Waals surface area (Å²) in [5.41, 5.74) is 0.530. The number of fused-ring (bicyclic) bond motifs is 1. The molecule has 0 amide bonds. The van der Waals surface area contributed by atoms with Crippen molar-refractivity contribution >= 4 is 27.1 Å². The first-order valence-corrected chi connectivity index (χ1v) is 11.9. The van der Waals surface area contributed by atoms with Gasteiger partial charge in [0.1, 0.15) is 0 Å². The second kappa shape index (κ2) is 9.67. The van der Waals surface area contributed by atoms with E-state index in [0.717, 1.165) is 5.56 Å². The second-order valence-electron chi connectivity index (χ2n) is 7.79. The van der Waals surface area contributed by atoms with Crippen LogP contribution in [0.5, 0.6) is 0 Å². The van der Waals surface area contributed by atoms with Gasteiger partial charge in [0.25, 0.3) is 5.56 Å². The molecule has 0 bridgehead atoms. The van der Waals surface area contributed by atoms with Crippen LogP contribution in [0.25, 0.3) is 11.2 Å². The number of sulfonamides is 1. The van der Waals surface area contributed by atoms with Gasteiger partial charge in [-0.05, 0) is 50.3 Å². The van der Waals surface area contributed by atoms with E-state index in [4.69, 9.17) is 5.14 Å². The number of nitrogens with zero attached hydrogens (tertiary/aromatic N) is 3. The molecule has 12 heteroatoms. The van der Waals surface area contributed by atoms with Crippen molar-refractivity contribution in [2.75, 3.05) is 11.9 Å². The van der Waals surface area contributed by atoms with Crippen LogP contribution in [-0.2, 0) is 30.0 Å². The molecule has 5 N–H and O–H groups in total. The summed E-state index contributed by atoms with van der Waals surface area (Å²) in [6, 6.07) is 6.26. The highest BCUT2D eigenvalue weighted by Crippen LogP contribution is 2.11. The first kappa shape index (κ1) is 23.7. The number of aromatic amines is 1. The highest BCUT2D eigenvalue weighted by molar-refractivity contribution is 7.89. The molecule has 11 nitrogen and oxygen atoms in total. The zero-order valence-corrected chi connectivity index (χ0v) is 18.9. The van der Waals surface area contributed by atoms with E-state index in [1.54, 1.807) is 26.1 Å². The van der Waals surface area contributed by atoms with Crippen LogP contribution in [0.2, 0.25) is 0 Å². The summed E-state index contributed by atoms with van der Waals surface area (Å²) in [4.78, 5) is 32.7. The number of unbranched alkanes of at least 4 members (excludes halogenated alkanes) is 1. The van der Waals surface area contributed by atoms with Crippen molar-refractivity contribution in [1.29, 1.82) is 0 Å². The molecular weight excluding hydrogens is 436 g/mol. The normalized spacial score (nSPS) is 12.9. The van der Waals surface area contributed by atoms with E-state index in [1.807, 2.05) is 0 Å². The first-order valence-electron chi connectivity index (χ1n) is 10.3. The van der Waals surface area contributed by atoms with Gasteiger partial charge in [-0.2, -0.15) is 4.98 Å². The lowest BCUT2D eigenvalue weighted by Gasteiger charge is -2.08. The van der Waals surface area contributed by atoms with Crippen LogP contribution < -0.4 is 21.7 Å². The van der Waals surface area contributed by atoms with Crippen LogP contribution in [0.15, 0.2) is 38.8 Å². The van der Waals surface area contributed by atoms with Crippen molar-refractivity contribution in [3.8, 4) is 0 Å². The summed E-state index contributed by atoms with van der Waals surface area (Å²) in [5, 5.41) is 17.5. The Morgan fingerprint density at radius 3 is 2.53 bits per heavy atom. The highest BCUT2D eigenvalue weighted by Gasteiger charge is 2.15. The average Bonchev–Trinajstić information content (AvgIpc) is 3.16. The van der Waals surface area contributed by atoms with Crippen molar-refractivity contribution in [2.24, 2.45) is 12.2 Å². The van der Waals surface area contributed by atoms with Gasteiger partial charge in [0.05, 0.1) is 11.0 Å². The summed E-state index contributed by atoms with van der Waals surface area (Å²) in [6.45, 7) is 2.44. The number of H-pyrrole nitrogens is 1. The molecule has 0 aliphatic rings. The van der Waals surface area contributed by atoms with E-state index in [-0.39, 0.29) is 22.6 Å². The molecule has 1 unspecified atom stereocenters. The Labute approximate surface area is 185 Å². The predicted octanol–water partition coefficient (Wildman–Crippen LogP) is 0.276. The minimum Gasteiger partial charge on any atom is -0.393 e. The minimum absolute atomic E-state index is 0.0505. The largest absolute Gasteiger partial charge is 0.393 e. The maximum atomic E-state index is 12.8. The van der Waals surface area contributed by atoms with Gasteiger partial charge in [-0.3, -0.25) is 13.9 Å². The molecule has 0 fully saturated rings. The van der Waals surface area contributed by atoms with E-state index in [0.29, 0.717) is 38.2 Å². The lowest BCUT2D eigenvalue weighted by Crippen LogP contribution is -2.39. The van der Waals surface area contributed by atoms with E-state index in [1.165, 1.54) is 21.3 Å². The number of aryl methyl sites for hydroxylation is 1. The molecule has 2 aromatic heterocycles. The number of imidazole rings is 1. The lowest BCUT2D eigenvalue weighted by atomic mass is 10.1. The van der Waals surface area contributed by atoms with Crippen molar-refractivity contribution < 1.29 is 13.5 Å². The number of benzene rings is 1. The first-order chi connectivity index (χ1) is 15.1. The molecular formula is C20H28N6O5S. The smallest absolute Gasteiger partial charge is 0.332 e. The van der Waals surface area contributed by atoms with Crippen molar-refractivity contribution in [3.63, 3.8) is 0 Å². The number of anilines is 1. The second-order valence-corrected chi connectivity index (χ2v) is 9.35. The number of hydrogen-bond acceptors (Lipinski definition) is 7. The summed E-state index contributed by atoms with van der Waals surface area (Å²) < 4.78 is 25.2. The third-order valence-electron chi connectivity index (χ3n) is 5.19. The molecule has 0 saturated carbocycles. The van der Waals surface area contributed by atoms with Gasteiger partial charge in [0, 0.05) is 20.1 Å². The molecule has 32 heavy (non-hydrogen) atoms. The van der Waals surface area contributed by atoms with Crippen LogP contribution in [0.4, 0.5) is 5.95 Å². The van der Waals surface area contributed by atoms with E-state index in [2.05, 4.69) is 15.3 Å². The van der Waals surface area contributed by atoms with Gasteiger partial charge in [0.2, 0.25) is 16.0 Å². The third-order valence-corrected chi connectivity index (χ3v) is 6.12. The fourth-order valence-electron chi connectivity index (χ4n) is 3.41. The van der Waals surface area contributed by atoms with Gasteiger partial charge in [-0.1, -0.05) is 12.1 Å². The van der Waals surface area contributed by atoms with E-state index < -0.39 is 27.4 Å². The number of aliphatic hydroxyl groups excluding tert-OH is 1. The quantitative estimate of drug-likeness (QED) is 0.313. The summed E-state index contributed by atoms with van der Waals surface area (Å²) in [6.07, 6.45) is 2.09. The van der Waals surface area contributed by atoms with Gasteiger partial charge in [-0.15, -0.1) is 0 Å². The SMILES string of the molecule is CC(O)CCCCn1c(=O)c2[nH]c(NCCc3ccc(S(N)(=O)=O)cc3)nc2n(C)c1=O. The average molecular weight is 465 g/mol. The molecule has 0 saturated heterocycles. The maximum absolute atomic E-state index is 12.8. The maximum Gasteiger partial charge on any atom is 0.332 e. The van der Waals surface area contributed by atoms with Crippen molar-refractivity contribution in [3.05, 3.63) is 50.7 Å². The number of rotatable bonds is 10. The van der Waals surface area contributed by atoms with E-state index in [9.17, 15) is 23.1 Å². The number of primary sulfonamides is 1. The van der Waals surface area contributed by atoms with Crippen molar-refractivity contribution in [2.45, 2.75) is 50.2 Å². The topological polar surface area (TPSA) is 165 Å². The zero-order chi connectivity index (χ0) is 23.5. The summed E-state index contributed by atoms with van der Waals surface area (Å²) >= 11 is 0. The Morgan fingerprint density at radius 1 is 1.22 bits per heavy atom. The number of aliphatic hydroxyl groups is 1. The predicted molar refractivity (Wildman–Crippen MR) is 121 cm³/mol. The molecule has 0 radical (unpaired) electrons. The Morgan fingerprint density at radius 2 is 1.91 bits per heavy atom. The van der Waals surface area contributed by atoms with Crippen LogP contribution in [0.3, 0.4) is 0 Å². The number of nitrogens with two attached hydrogens (primary N) is 1. The zero-order valence-electron chi connectivity index (χ0n) is 18.0. The Hall–Kier alpha value is -2.96. The lowest BCUT2D eigenvalue weighted by molar-refractivity contribution is 0.180. The van der Waals surface area contributed by atoms with Gasteiger partial charge < -0.3 is 15.4 Å². The standard InChI is InChI=1S/C20H28N6O5S/c1-13(27)5-3-4-12-26-18(28)16-17(25(2)20(26)29)24-19(23-16)22-11-10-14-6-8-15(9-7-14)32(21,30)31/h6-9,13,27H,3-5,10-12H2,1-2H3,(H2,21,30,31)(H2,22,23,24). The molecule has 0 aliphatic carbocycles. The van der Waals surface area contributed by atoms with Crippen molar-refractivity contribution in [1.82, 2.24) is 19.1 Å². The Bertz CT molecular complexity index is 1310. The minimum atomic E-state index is -3.73. The highest BCUT2D eigenvalue weighted by atomic mass is 32.2. The van der Waals surface area contributed by atoms with Gasteiger partial charge >= 0.3 is 5.69 Å². The van der Waals surface area contributed by atoms with Crippen LogP contribution in [-0.4, -0.2) is 45.3 Å². The number of aromatic nitrogens is 4. The van der Waals surface area contributed by atoms with E-state index >= 15 is 0 Å². The fraction of sp³-hybridized carbons (Fsp3) is 0.450. The molecule has 0 spiro atoms. The van der Waals surface area contributed by atoms with Gasteiger partial charge in [-0.25, -0.2) is 18.4 Å². The van der Waals surface area contributed by atoms with Crippen LogP contribution in [0, 0.1) is 0 Å². The third kappa shape index (κ3) is 5.44. The monoisotopic (exact) mass is 464 g/mol. The Kier molecular flexibility index (Phi) is 7.16. The number of nitrogens with one attached hydrogen (secondary N) is 2. The molecule has 1 atom stereocenters. The van der Waals surface area contributed by atoms with Gasteiger partial charge in [0.15, 0.2) is 11.2 Å². The molecule has 2 heterocycles. The number of hydrogen-bond donors (Lipinski definition) is 4. The Balaban J connectivity index is 1.71. The summed E-state index contributed by atoms with van der Waals surface area (Å²) in [5.74, 6) is 0.361. The van der Waals surface area contributed by atoms with Crippen LogP contribution in [0.1, 0.15) is 31.7 Å². The molecule has 3 aromatic rings. The summed E-state index contributed by atoms with van der Waals surface area (Å²) in [7, 11) is -2.16. The molecule has 0 aliphatic heterocycles. The molecule has 1 aromatic carbocycles. The molecule has 174 valence electrons. The molecule has 3 rings (SSSR count).